The summed E-state index contributed by atoms with van der Waals surface area (Å²) in [5.41, 5.74) is 0. The Labute approximate surface area is 95.9 Å². The van der Waals surface area contributed by atoms with Crippen molar-refractivity contribution < 1.29 is 0 Å². The fourth-order valence-electron chi connectivity index (χ4n) is 1.33. The maximum absolute atomic E-state index is 4.19. The van der Waals surface area contributed by atoms with Gasteiger partial charge in [-0.2, -0.15) is 5.10 Å². The van der Waals surface area contributed by atoms with Gasteiger partial charge in [0.2, 0.25) is 0 Å². The van der Waals surface area contributed by atoms with Crippen LogP contribution in [-0.4, -0.2) is 33.1 Å². The zero-order valence-corrected chi connectivity index (χ0v) is 10.7. The second-order valence-electron chi connectivity index (χ2n) is 3.89. The molecule has 0 aliphatic heterocycles. The lowest BCUT2D eigenvalue weighted by Gasteiger charge is -2.20. The third-order valence-electron chi connectivity index (χ3n) is 2.33. The largest absolute Gasteiger partial charge is 0.313 e. The normalized spacial score (nSPS) is 13.4. The molecule has 1 heterocycles. The summed E-state index contributed by atoms with van der Waals surface area (Å²) in [6.07, 6.45) is 1.60. The molecule has 4 nitrogen and oxygen atoms in total. The Kier molecular flexibility index (Phi) is 5.11. The molecule has 1 aromatic rings. The van der Waals surface area contributed by atoms with Gasteiger partial charge in [0.1, 0.15) is 6.33 Å². The molecule has 15 heavy (non-hydrogen) atoms. The minimum atomic E-state index is 0.539. The van der Waals surface area contributed by atoms with Crippen molar-refractivity contribution in [3.63, 3.8) is 0 Å². The Bertz CT molecular complexity index is 285. The molecule has 0 aliphatic carbocycles. The Morgan fingerprint density at radius 1 is 1.53 bits per heavy atom. The van der Waals surface area contributed by atoms with E-state index in [2.05, 4.69) is 36.2 Å². The standard InChI is InChI=1S/C10H20N4S/c1-5-11-9(8(2)3)6-15-10-12-7-13-14(10)4/h7-9,11H,5-6H2,1-4H3. The topological polar surface area (TPSA) is 42.7 Å². The summed E-state index contributed by atoms with van der Waals surface area (Å²) < 4.78 is 1.81. The lowest BCUT2D eigenvalue weighted by molar-refractivity contribution is 0.443. The van der Waals surface area contributed by atoms with Gasteiger partial charge in [0, 0.05) is 18.8 Å². The van der Waals surface area contributed by atoms with E-state index in [9.17, 15) is 0 Å². The molecule has 0 aliphatic rings. The smallest absolute Gasteiger partial charge is 0.185 e. The molecule has 0 saturated heterocycles. The molecule has 1 N–H and O–H groups in total. The molecule has 0 radical (unpaired) electrons. The van der Waals surface area contributed by atoms with Gasteiger partial charge in [-0.25, -0.2) is 9.67 Å². The van der Waals surface area contributed by atoms with Crippen molar-refractivity contribution in [1.82, 2.24) is 20.1 Å². The first-order valence-electron chi connectivity index (χ1n) is 5.35. The van der Waals surface area contributed by atoms with Crippen LogP contribution >= 0.6 is 11.8 Å². The number of nitrogens with one attached hydrogen (secondary N) is 1. The van der Waals surface area contributed by atoms with Crippen LogP contribution in [0.5, 0.6) is 0 Å². The van der Waals surface area contributed by atoms with Gasteiger partial charge in [0.25, 0.3) is 0 Å². The van der Waals surface area contributed by atoms with E-state index in [1.807, 2.05) is 11.7 Å². The van der Waals surface area contributed by atoms with Crippen molar-refractivity contribution in [3.8, 4) is 0 Å². The number of hydrogen-bond acceptors (Lipinski definition) is 4. The van der Waals surface area contributed by atoms with Crippen molar-refractivity contribution in [2.45, 2.75) is 32.0 Å². The lowest BCUT2D eigenvalue weighted by atomic mass is 10.1. The minimum absolute atomic E-state index is 0.539. The molecule has 1 aromatic heterocycles. The van der Waals surface area contributed by atoms with Crippen molar-refractivity contribution in [1.29, 1.82) is 0 Å². The van der Waals surface area contributed by atoms with E-state index in [0.717, 1.165) is 17.5 Å². The number of rotatable bonds is 6. The van der Waals surface area contributed by atoms with E-state index in [1.54, 1.807) is 18.1 Å². The summed E-state index contributed by atoms with van der Waals surface area (Å²) in [6.45, 7) is 7.64. The average molecular weight is 228 g/mol. The summed E-state index contributed by atoms with van der Waals surface area (Å²) >= 11 is 1.76. The van der Waals surface area contributed by atoms with Gasteiger partial charge in [-0.05, 0) is 12.5 Å². The van der Waals surface area contributed by atoms with Crippen molar-refractivity contribution in [3.05, 3.63) is 6.33 Å². The van der Waals surface area contributed by atoms with Crippen LogP contribution < -0.4 is 5.32 Å². The maximum atomic E-state index is 4.19. The first-order valence-corrected chi connectivity index (χ1v) is 6.33. The lowest BCUT2D eigenvalue weighted by Crippen LogP contribution is -2.35. The third kappa shape index (κ3) is 3.83. The number of aryl methyl sites for hydroxylation is 1. The zero-order valence-electron chi connectivity index (χ0n) is 9.90. The van der Waals surface area contributed by atoms with E-state index in [-0.39, 0.29) is 0 Å². The van der Waals surface area contributed by atoms with Crippen LogP contribution in [0, 0.1) is 5.92 Å². The molecule has 86 valence electrons. The van der Waals surface area contributed by atoms with Crippen LogP contribution in [0.1, 0.15) is 20.8 Å². The summed E-state index contributed by atoms with van der Waals surface area (Å²) in [7, 11) is 1.92. The van der Waals surface area contributed by atoms with Gasteiger partial charge < -0.3 is 5.32 Å². The summed E-state index contributed by atoms with van der Waals surface area (Å²) in [6, 6.07) is 0.539. The molecule has 1 unspecified atom stereocenters. The predicted molar refractivity (Wildman–Crippen MR) is 64.0 cm³/mol. The Morgan fingerprint density at radius 3 is 2.73 bits per heavy atom. The quantitative estimate of drug-likeness (QED) is 0.750. The van der Waals surface area contributed by atoms with Crippen LogP contribution in [0.2, 0.25) is 0 Å². The van der Waals surface area contributed by atoms with Gasteiger partial charge >= 0.3 is 0 Å². The molecular weight excluding hydrogens is 208 g/mol. The molecule has 0 fully saturated rings. The highest BCUT2D eigenvalue weighted by Gasteiger charge is 2.13. The predicted octanol–water partition coefficient (Wildman–Crippen LogP) is 1.54. The highest BCUT2D eigenvalue weighted by molar-refractivity contribution is 7.99. The molecule has 5 heteroatoms. The Morgan fingerprint density at radius 2 is 2.27 bits per heavy atom. The van der Waals surface area contributed by atoms with Gasteiger partial charge in [0.05, 0.1) is 0 Å². The van der Waals surface area contributed by atoms with E-state index in [0.29, 0.717) is 12.0 Å². The fourth-order valence-corrected chi connectivity index (χ4v) is 2.52. The fraction of sp³-hybridized carbons (Fsp3) is 0.800. The number of nitrogens with zero attached hydrogens (tertiary/aromatic N) is 3. The van der Waals surface area contributed by atoms with Crippen LogP contribution in [0.25, 0.3) is 0 Å². The molecular formula is C10H20N4S. The van der Waals surface area contributed by atoms with E-state index in [4.69, 9.17) is 0 Å². The SMILES string of the molecule is CCNC(CSc1ncnn1C)C(C)C. The number of thioether (sulfide) groups is 1. The number of hydrogen-bond donors (Lipinski definition) is 1. The molecule has 1 rings (SSSR count). The first-order chi connectivity index (χ1) is 7.15. The van der Waals surface area contributed by atoms with Gasteiger partial charge in [-0.3, -0.25) is 0 Å². The second kappa shape index (κ2) is 6.12. The minimum Gasteiger partial charge on any atom is -0.313 e. The second-order valence-corrected chi connectivity index (χ2v) is 4.87. The summed E-state index contributed by atoms with van der Waals surface area (Å²) in [5.74, 6) is 1.68. The maximum Gasteiger partial charge on any atom is 0.185 e. The Hall–Kier alpha value is -0.550. The molecule has 1 atom stereocenters. The van der Waals surface area contributed by atoms with Crippen molar-refractivity contribution in [2.75, 3.05) is 12.3 Å². The monoisotopic (exact) mass is 228 g/mol. The van der Waals surface area contributed by atoms with Crippen LogP contribution in [0.3, 0.4) is 0 Å². The zero-order chi connectivity index (χ0) is 11.3. The van der Waals surface area contributed by atoms with Gasteiger partial charge in [-0.1, -0.05) is 32.5 Å². The van der Waals surface area contributed by atoms with E-state index >= 15 is 0 Å². The van der Waals surface area contributed by atoms with Gasteiger partial charge in [-0.15, -0.1) is 0 Å². The third-order valence-corrected chi connectivity index (χ3v) is 3.49. The molecule has 0 aromatic carbocycles. The summed E-state index contributed by atoms with van der Waals surface area (Å²) in [4.78, 5) is 4.19. The number of aromatic nitrogens is 3. The Balaban J connectivity index is 2.43. The van der Waals surface area contributed by atoms with Crippen LogP contribution in [0.15, 0.2) is 11.5 Å². The molecule has 0 bridgehead atoms. The average Bonchev–Trinajstić information content (AvgIpc) is 2.58. The van der Waals surface area contributed by atoms with Crippen LogP contribution in [-0.2, 0) is 7.05 Å². The molecule has 0 saturated carbocycles. The highest BCUT2D eigenvalue weighted by Crippen LogP contribution is 2.17. The van der Waals surface area contributed by atoms with Crippen molar-refractivity contribution in [2.24, 2.45) is 13.0 Å². The van der Waals surface area contributed by atoms with Crippen LogP contribution in [0.4, 0.5) is 0 Å². The van der Waals surface area contributed by atoms with Gasteiger partial charge in [0.15, 0.2) is 5.16 Å². The highest BCUT2D eigenvalue weighted by atomic mass is 32.2. The summed E-state index contributed by atoms with van der Waals surface area (Å²) in [5, 5.41) is 8.52. The van der Waals surface area contributed by atoms with Crippen molar-refractivity contribution >= 4 is 11.8 Å². The van der Waals surface area contributed by atoms with E-state index < -0.39 is 0 Å². The molecule has 0 amide bonds. The molecule has 0 spiro atoms. The first kappa shape index (κ1) is 12.5. The van der Waals surface area contributed by atoms with E-state index in [1.165, 1.54) is 0 Å².